The molecule has 0 aliphatic heterocycles. The van der Waals surface area contributed by atoms with Gasteiger partial charge in [-0.1, -0.05) is 11.6 Å². The monoisotopic (exact) mass is 274 g/mol. The topological polar surface area (TPSA) is 34.9 Å². The van der Waals surface area contributed by atoms with Gasteiger partial charge in [-0.3, -0.25) is 4.79 Å². The molecule has 7 heteroatoms. The summed E-state index contributed by atoms with van der Waals surface area (Å²) >= 11 is 5.64. The Morgan fingerprint density at radius 1 is 1.17 bits per heavy atom. The Hall–Kier alpha value is -1.82. The molecule has 0 N–H and O–H groups in total. The van der Waals surface area contributed by atoms with Gasteiger partial charge in [-0.05, 0) is 30.3 Å². The zero-order valence-corrected chi connectivity index (χ0v) is 9.53. The van der Waals surface area contributed by atoms with E-state index in [1.54, 1.807) is 0 Å². The highest BCUT2D eigenvalue weighted by Crippen LogP contribution is 2.27. The van der Waals surface area contributed by atoms with Crippen molar-refractivity contribution < 1.29 is 18.0 Å². The van der Waals surface area contributed by atoms with E-state index in [0.717, 1.165) is 12.3 Å². The van der Waals surface area contributed by atoms with Gasteiger partial charge in [0, 0.05) is 16.8 Å². The fourth-order valence-corrected chi connectivity index (χ4v) is 1.44. The van der Waals surface area contributed by atoms with Gasteiger partial charge >= 0.3 is 6.18 Å². The summed E-state index contributed by atoms with van der Waals surface area (Å²) in [4.78, 5) is 11.8. The van der Waals surface area contributed by atoms with Gasteiger partial charge in [-0.25, -0.2) is 4.68 Å². The summed E-state index contributed by atoms with van der Waals surface area (Å²) in [6.45, 7) is 0. The summed E-state index contributed by atoms with van der Waals surface area (Å²) in [7, 11) is 0. The van der Waals surface area contributed by atoms with Crippen LogP contribution in [0.25, 0.3) is 0 Å². The van der Waals surface area contributed by atoms with Gasteiger partial charge < -0.3 is 0 Å². The average molecular weight is 275 g/mol. The molecule has 0 radical (unpaired) electrons. The second kappa shape index (κ2) is 4.45. The molecule has 18 heavy (non-hydrogen) atoms. The number of hydrogen-bond acceptors (Lipinski definition) is 2. The molecular formula is C11H6ClF3N2O. The van der Waals surface area contributed by atoms with Gasteiger partial charge in [0.25, 0.3) is 5.91 Å². The van der Waals surface area contributed by atoms with E-state index >= 15 is 0 Å². The standard InChI is InChI=1S/C11H6ClF3N2O/c12-8-3-1-7(2-4-8)10(18)17-6-5-9(16-17)11(13,14)15/h1-6H. The summed E-state index contributed by atoms with van der Waals surface area (Å²) in [6, 6.07) is 6.53. The van der Waals surface area contributed by atoms with E-state index in [-0.39, 0.29) is 5.56 Å². The summed E-state index contributed by atoms with van der Waals surface area (Å²) in [5.41, 5.74) is -0.902. The molecule has 2 aromatic rings. The van der Waals surface area contributed by atoms with E-state index in [1.807, 2.05) is 0 Å². The maximum absolute atomic E-state index is 12.3. The van der Waals surface area contributed by atoms with E-state index in [1.165, 1.54) is 24.3 Å². The maximum Gasteiger partial charge on any atom is 0.435 e. The van der Waals surface area contributed by atoms with E-state index < -0.39 is 17.8 Å². The third kappa shape index (κ3) is 2.53. The molecule has 1 aromatic heterocycles. The number of carbonyl (C=O) groups excluding carboxylic acids is 1. The lowest BCUT2D eigenvalue weighted by molar-refractivity contribution is -0.141. The van der Waals surface area contributed by atoms with Crippen LogP contribution in [0.15, 0.2) is 36.5 Å². The molecule has 1 aromatic carbocycles. The zero-order valence-electron chi connectivity index (χ0n) is 8.78. The molecule has 0 spiro atoms. The Bertz CT molecular complexity index is 575. The van der Waals surface area contributed by atoms with Crippen molar-refractivity contribution in [3.05, 3.63) is 52.8 Å². The van der Waals surface area contributed by atoms with Gasteiger partial charge in [-0.15, -0.1) is 0 Å². The lowest BCUT2D eigenvalue weighted by Crippen LogP contribution is -2.14. The maximum atomic E-state index is 12.3. The smallest absolute Gasteiger partial charge is 0.267 e. The number of alkyl halides is 3. The van der Waals surface area contributed by atoms with Crippen LogP contribution in [-0.2, 0) is 6.18 Å². The van der Waals surface area contributed by atoms with Gasteiger partial charge in [0.05, 0.1) is 0 Å². The first-order valence-corrected chi connectivity index (χ1v) is 5.19. The third-order valence-electron chi connectivity index (χ3n) is 2.18. The fraction of sp³-hybridized carbons (Fsp3) is 0.0909. The van der Waals surface area contributed by atoms with Gasteiger partial charge in [0.1, 0.15) is 0 Å². The number of nitrogens with zero attached hydrogens (tertiary/aromatic N) is 2. The van der Waals surface area contributed by atoms with Crippen LogP contribution in [0, 0.1) is 0 Å². The Morgan fingerprint density at radius 3 is 2.28 bits per heavy atom. The normalized spacial score (nSPS) is 11.6. The predicted molar refractivity (Wildman–Crippen MR) is 58.4 cm³/mol. The number of hydrogen-bond donors (Lipinski definition) is 0. The summed E-state index contributed by atoms with van der Waals surface area (Å²) < 4.78 is 37.6. The molecule has 3 nitrogen and oxygen atoms in total. The molecule has 2 rings (SSSR count). The van der Waals surface area contributed by atoms with Gasteiger partial charge in [-0.2, -0.15) is 18.3 Å². The Morgan fingerprint density at radius 2 is 1.78 bits per heavy atom. The largest absolute Gasteiger partial charge is 0.435 e. The first-order chi connectivity index (χ1) is 8.38. The summed E-state index contributed by atoms with van der Waals surface area (Å²) in [5, 5.41) is 3.62. The molecule has 0 aliphatic rings. The summed E-state index contributed by atoms with van der Waals surface area (Å²) in [6.07, 6.45) is -3.59. The Labute approximate surface area is 105 Å². The van der Waals surface area contributed by atoms with Crippen molar-refractivity contribution in [2.75, 3.05) is 0 Å². The molecule has 0 bridgehead atoms. The molecule has 94 valence electrons. The molecule has 0 atom stereocenters. The van der Waals surface area contributed by atoms with Crippen LogP contribution < -0.4 is 0 Å². The summed E-state index contributed by atoms with van der Waals surface area (Å²) in [5.74, 6) is -0.651. The molecule has 0 aliphatic carbocycles. The van der Waals surface area contributed by atoms with Crippen LogP contribution in [0.5, 0.6) is 0 Å². The average Bonchev–Trinajstić information content (AvgIpc) is 2.78. The molecule has 0 fully saturated rings. The lowest BCUT2D eigenvalue weighted by atomic mass is 10.2. The van der Waals surface area contributed by atoms with Crippen LogP contribution >= 0.6 is 11.6 Å². The van der Waals surface area contributed by atoms with Crippen molar-refractivity contribution in [2.45, 2.75) is 6.18 Å². The first-order valence-electron chi connectivity index (χ1n) is 4.81. The number of aromatic nitrogens is 2. The molecule has 1 heterocycles. The van der Waals surface area contributed by atoms with E-state index in [0.29, 0.717) is 9.70 Å². The molecular weight excluding hydrogens is 269 g/mol. The molecule has 0 saturated carbocycles. The van der Waals surface area contributed by atoms with Crippen LogP contribution in [0.4, 0.5) is 13.2 Å². The van der Waals surface area contributed by atoms with Crippen LogP contribution in [-0.4, -0.2) is 15.7 Å². The molecule has 0 saturated heterocycles. The Balaban J connectivity index is 2.29. The van der Waals surface area contributed by atoms with Crippen molar-refractivity contribution in [3.63, 3.8) is 0 Å². The number of halogens is 4. The minimum absolute atomic E-state index is 0.205. The van der Waals surface area contributed by atoms with Crippen molar-refractivity contribution in [3.8, 4) is 0 Å². The van der Waals surface area contributed by atoms with Crippen molar-refractivity contribution in [2.24, 2.45) is 0 Å². The second-order valence-corrected chi connectivity index (χ2v) is 3.89. The van der Waals surface area contributed by atoms with E-state index in [9.17, 15) is 18.0 Å². The van der Waals surface area contributed by atoms with Crippen molar-refractivity contribution >= 4 is 17.5 Å². The Kier molecular flexibility index (Phi) is 3.13. The highest BCUT2D eigenvalue weighted by molar-refractivity contribution is 6.30. The number of carbonyl (C=O) groups is 1. The SMILES string of the molecule is O=C(c1ccc(Cl)cc1)n1ccc(C(F)(F)F)n1. The van der Waals surface area contributed by atoms with Gasteiger partial charge in [0.2, 0.25) is 0 Å². The quantitative estimate of drug-likeness (QED) is 0.800. The van der Waals surface area contributed by atoms with Crippen LogP contribution in [0.1, 0.15) is 16.1 Å². The molecule has 0 amide bonds. The minimum Gasteiger partial charge on any atom is -0.267 e. The zero-order chi connectivity index (χ0) is 13.3. The van der Waals surface area contributed by atoms with Crippen molar-refractivity contribution in [1.82, 2.24) is 9.78 Å². The van der Waals surface area contributed by atoms with Crippen LogP contribution in [0.3, 0.4) is 0 Å². The predicted octanol–water partition coefficient (Wildman–Crippen LogP) is 3.24. The first kappa shape index (κ1) is 12.6. The fourth-order valence-electron chi connectivity index (χ4n) is 1.31. The van der Waals surface area contributed by atoms with Gasteiger partial charge in [0.15, 0.2) is 5.69 Å². The number of benzene rings is 1. The van der Waals surface area contributed by atoms with Crippen LogP contribution in [0.2, 0.25) is 5.02 Å². The second-order valence-electron chi connectivity index (χ2n) is 3.46. The molecule has 0 unspecified atom stereocenters. The highest BCUT2D eigenvalue weighted by atomic mass is 35.5. The van der Waals surface area contributed by atoms with Crippen molar-refractivity contribution in [1.29, 1.82) is 0 Å². The lowest BCUT2D eigenvalue weighted by Gasteiger charge is -2.02. The van der Waals surface area contributed by atoms with E-state index in [4.69, 9.17) is 11.6 Å². The minimum atomic E-state index is -4.56. The number of rotatable bonds is 1. The van der Waals surface area contributed by atoms with E-state index in [2.05, 4.69) is 5.10 Å². The highest BCUT2D eigenvalue weighted by Gasteiger charge is 2.34. The third-order valence-corrected chi connectivity index (χ3v) is 2.43.